The topological polar surface area (TPSA) is 82.1 Å². The van der Waals surface area contributed by atoms with Crippen molar-refractivity contribution in [2.24, 2.45) is 5.92 Å². The van der Waals surface area contributed by atoms with Crippen LogP contribution in [0.25, 0.3) is 0 Å². The zero-order valence-corrected chi connectivity index (χ0v) is 11.7. The van der Waals surface area contributed by atoms with Gasteiger partial charge in [0.1, 0.15) is 0 Å². The van der Waals surface area contributed by atoms with Crippen LogP contribution in [0.1, 0.15) is 23.6 Å². The molecular formula is C13H16N4O2S. The van der Waals surface area contributed by atoms with E-state index in [1.165, 1.54) is 5.56 Å². The third-order valence-corrected chi connectivity index (χ3v) is 4.49. The number of rotatable bonds is 5. The number of carboxylic acid groups (broad SMARTS) is 1. The van der Waals surface area contributed by atoms with Crippen LogP contribution in [0.2, 0.25) is 0 Å². The number of hydrogen-bond acceptors (Lipinski definition) is 5. The molecule has 0 radical (unpaired) electrons. The van der Waals surface area contributed by atoms with Gasteiger partial charge in [-0.15, -0.1) is 0 Å². The molecule has 3 heterocycles. The molecule has 3 rings (SSSR count). The minimum Gasteiger partial charge on any atom is -0.481 e. The molecule has 1 saturated heterocycles. The van der Waals surface area contributed by atoms with E-state index in [0.717, 1.165) is 25.3 Å². The minimum absolute atomic E-state index is 0.0937. The maximum absolute atomic E-state index is 11.0. The Kier molecular flexibility index (Phi) is 3.79. The Hall–Kier alpha value is -1.73. The molecule has 0 amide bonds. The van der Waals surface area contributed by atoms with E-state index < -0.39 is 5.97 Å². The third kappa shape index (κ3) is 2.88. The Morgan fingerprint density at radius 3 is 3.10 bits per heavy atom. The molecule has 2 aromatic rings. The first kappa shape index (κ1) is 13.3. The molecule has 2 atom stereocenters. The Morgan fingerprint density at radius 1 is 1.55 bits per heavy atom. The molecule has 0 aromatic carbocycles. The number of thiophene rings is 1. The van der Waals surface area contributed by atoms with Gasteiger partial charge in [0.25, 0.3) is 0 Å². The highest BCUT2D eigenvalue weighted by atomic mass is 32.1. The lowest BCUT2D eigenvalue weighted by atomic mass is 9.91. The summed E-state index contributed by atoms with van der Waals surface area (Å²) in [4.78, 5) is 13.3. The van der Waals surface area contributed by atoms with Crippen molar-refractivity contribution in [2.45, 2.75) is 18.9 Å². The van der Waals surface area contributed by atoms with Crippen LogP contribution in [0.4, 0.5) is 0 Å². The van der Waals surface area contributed by atoms with Crippen molar-refractivity contribution in [3.05, 3.63) is 34.3 Å². The van der Waals surface area contributed by atoms with E-state index in [1.807, 2.05) is 0 Å². The van der Waals surface area contributed by atoms with Crippen molar-refractivity contribution in [1.82, 2.24) is 20.3 Å². The van der Waals surface area contributed by atoms with E-state index >= 15 is 0 Å². The summed E-state index contributed by atoms with van der Waals surface area (Å²) in [5.41, 5.74) is 2.15. The van der Waals surface area contributed by atoms with Crippen LogP contribution in [0.15, 0.2) is 23.0 Å². The van der Waals surface area contributed by atoms with Gasteiger partial charge in [-0.2, -0.15) is 26.7 Å². The van der Waals surface area contributed by atoms with Crippen LogP contribution in [0.5, 0.6) is 0 Å². The van der Waals surface area contributed by atoms with E-state index in [4.69, 9.17) is 5.11 Å². The number of carboxylic acids is 1. The summed E-state index contributed by atoms with van der Waals surface area (Å²) in [6.07, 6.45) is 1.88. The Morgan fingerprint density at radius 2 is 2.45 bits per heavy atom. The summed E-state index contributed by atoms with van der Waals surface area (Å²) in [5, 5.41) is 23.9. The Labute approximate surface area is 120 Å². The highest BCUT2D eigenvalue weighted by Crippen LogP contribution is 2.34. The molecule has 7 heteroatoms. The van der Waals surface area contributed by atoms with Crippen molar-refractivity contribution in [2.75, 3.05) is 13.1 Å². The third-order valence-electron chi connectivity index (χ3n) is 3.75. The molecule has 20 heavy (non-hydrogen) atoms. The number of likely N-dealkylation sites (tertiary alicyclic amines) is 1. The molecule has 0 unspecified atom stereocenters. The largest absolute Gasteiger partial charge is 0.481 e. The average molecular weight is 292 g/mol. The van der Waals surface area contributed by atoms with Crippen LogP contribution < -0.4 is 0 Å². The molecule has 0 spiro atoms. The second-order valence-corrected chi connectivity index (χ2v) is 5.97. The highest BCUT2D eigenvalue weighted by Gasteiger charge is 2.36. The normalized spacial score (nSPS) is 23.2. The lowest BCUT2D eigenvalue weighted by Gasteiger charge is -2.14. The van der Waals surface area contributed by atoms with E-state index in [1.54, 1.807) is 17.5 Å². The molecule has 1 fully saturated rings. The van der Waals surface area contributed by atoms with Gasteiger partial charge >= 0.3 is 5.97 Å². The number of aliphatic carboxylic acids is 1. The standard InChI is InChI=1S/C13H16N4O2S/c18-13(19)3-10-6-17(5-9-1-2-20-8-9)7-11(10)12-4-14-16-15-12/h1-2,4,8,10-11H,3,5-7H2,(H,18,19)(H,14,15,16)/t10-,11+/m1/s1. The fraction of sp³-hybridized carbons (Fsp3) is 0.462. The SMILES string of the molecule is O=C(O)C[C@@H]1CN(Cc2ccsc2)C[C@@H]1c1cn[nH]n1. The van der Waals surface area contributed by atoms with Gasteiger partial charge < -0.3 is 5.11 Å². The van der Waals surface area contributed by atoms with E-state index in [2.05, 4.69) is 37.1 Å². The Bertz CT molecular complexity index is 555. The number of hydrogen-bond donors (Lipinski definition) is 2. The molecule has 2 N–H and O–H groups in total. The van der Waals surface area contributed by atoms with Crippen LogP contribution >= 0.6 is 11.3 Å². The number of aromatic amines is 1. The molecule has 0 saturated carbocycles. The van der Waals surface area contributed by atoms with Gasteiger partial charge in [-0.3, -0.25) is 9.69 Å². The smallest absolute Gasteiger partial charge is 0.303 e. The number of aromatic nitrogens is 3. The van der Waals surface area contributed by atoms with Gasteiger partial charge in [-0.1, -0.05) is 0 Å². The van der Waals surface area contributed by atoms with Crippen molar-refractivity contribution < 1.29 is 9.90 Å². The first-order valence-corrected chi connectivity index (χ1v) is 7.47. The van der Waals surface area contributed by atoms with Crippen LogP contribution in [-0.2, 0) is 11.3 Å². The predicted octanol–water partition coefficient (Wildman–Crippen LogP) is 1.56. The second kappa shape index (κ2) is 5.72. The zero-order chi connectivity index (χ0) is 13.9. The lowest BCUT2D eigenvalue weighted by Crippen LogP contribution is -2.20. The molecule has 106 valence electrons. The zero-order valence-electron chi connectivity index (χ0n) is 10.9. The number of H-pyrrole nitrogens is 1. The van der Waals surface area contributed by atoms with Gasteiger partial charge in [0, 0.05) is 25.6 Å². The fourth-order valence-corrected chi connectivity index (χ4v) is 3.55. The van der Waals surface area contributed by atoms with Gasteiger partial charge in [0.05, 0.1) is 18.3 Å². The van der Waals surface area contributed by atoms with Gasteiger partial charge in [0.2, 0.25) is 0 Å². The van der Waals surface area contributed by atoms with Crippen molar-refractivity contribution in [3.8, 4) is 0 Å². The average Bonchev–Trinajstić information content (AvgIpc) is 3.10. The number of carbonyl (C=O) groups is 1. The predicted molar refractivity (Wildman–Crippen MR) is 74.5 cm³/mol. The van der Waals surface area contributed by atoms with Crippen molar-refractivity contribution in [1.29, 1.82) is 0 Å². The summed E-state index contributed by atoms with van der Waals surface area (Å²) >= 11 is 1.68. The molecule has 1 aliphatic heterocycles. The van der Waals surface area contributed by atoms with Crippen molar-refractivity contribution in [3.63, 3.8) is 0 Å². The number of nitrogens with one attached hydrogen (secondary N) is 1. The van der Waals surface area contributed by atoms with Crippen LogP contribution in [0.3, 0.4) is 0 Å². The van der Waals surface area contributed by atoms with Gasteiger partial charge in [0.15, 0.2) is 0 Å². The maximum Gasteiger partial charge on any atom is 0.303 e. The fourth-order valence-electron chi connectivity index (χ4n) is 2.89. The molecular weight excluding hydrogens is 276 g/mol. The maximum atomic E-state index is 11.0. The monoisotopic (exact) mass is 292 g/mol. The van der Waals surface area contributed by atoms with E-state index in [9.17, 15) is 4.79 Å². The van der Waals surface area contributed by atoms with E-state index in [0.29, 0.717) is 0 Å². The summed E-state index contributed by atoms with van der Waals surface area (Å²) in [6, 6.07) is 2.11. The second-order valence-electron chi connectivity index (χ2n) is 5.18. The molecule has 1 aliphatic rings. The molecule has 0 aliphatic carbocycles. The molecule has 6 nitrogen and oxygen atoms in total. The Balaban J connectivity index is 1.72. The highest BCUT2D eigenvalue weighted by molar-refractivity contribution is 7.07. The number of nitrogens with zero attached hydrogens (tertiary/aromatic N) is 3. The van der Waals surface area contributed by atoms with E-state index in [-0.39, 0.29) is 18.3 Å². The molecule has 0 bridgehead atoms. The summed E-state index contributed by atoms with van der Waals surface area (Å²) in [6.45, 7) is 2.49. The minimum atomic E-state index is -0.749. The van der Waals surface area contributed by atoms with Crippen LogP contribution in [-0.4, -0.2) is 44.5 Å². The quantitative estimate of drug-likeness (QED) is 0.874. The summed E-state index contributed by atoms with van der Waals surface area (Å²) < 4.78 is 0. The first-order valence-electron chi connectivity index (χ1n) is 6.53. The first-order chi connectivity index (χ1) is 9.72. The van der Waals surface area contributed by atoms with Crippen LogP contribution in [0, 0.1) is 5.92 Å². The molecule has 2 aromatic heterocycles. The van der Waals surface area contributed by atoms with Crippen molar-refractivity contribution >= 4 is 17.3 Å². The van der Waals surface area contributed by atoms with Gasteiger partial charge in [-0.25, -0.2) is 0 Å². The van der Waals surface area contributed by atoms with Gasteiger partial charge in [-0.05, 0) is 28.3 Å². The lowest BCUT2D eigenvalue weighted by molar-refractivity contribution is -0.138. The summed E-state index contributed by atoms with van der Waals surface area (Å²) in [5.74, 6) is -0.513. The summed E-state index contributed by atoms with van der Waals surface area (Å²) in [7, 11) is 0.